The second kappa shape index (κ2) is 4.26. The molecule has 1 N–H and O–H groups in total. The summed E-state index contributed by atoms with van der Waals surface area (Å²) in [5.74, 6) is 0.855. The summed E-state index contributed by atoms with van der Waals surface area (Å²) in [7, 11) is 3.70. The molecule has 0 unspecified atom stereocenters. The molecule has 0 saturated carbocycles. The Kier molecular flexibility index (Phi) is 2.80. The van der Waals surface area contributed by atoms with Crippen LogP contribution in [0.4, 0.5) is 5.82 Å². The number of nitrogens with one attached hydrogen (secondary N) is 1. The van der Waals surface area contributed by atoms with Gasteiger partial charge in [-0.3, -0.25) is 0 Å². The van der Waals surface area contributed by atoms with E-state index in [1.807, 2.05) is 14.1 Å². The molecule has 2 aromatic heterocycles. The van der Waals surface area contributed by atoms with Gasteiger partial charge in [0.2, 0.25) is 0 Å². The first kappa shape index (κ1) is 10.5. The van der Waals surface area contributed by atoms with Crippen molar-refractivity contribution in [2.45, 2.75) is 13.3 Å². The predicted octanol–water partition coefficient (Wildman–Crippen LogP) is 0.876. The first-order chi connectivity index (χ1) is 7.77. The fourth-order valence-electron chi connectivity index (χ4n) is 1.69. The quantitative estimate of drug-likeness (QED) is 0.828. The highest BCUT2D eigenvalue weighted by atomic mass is 15.4. The summed E-state index contributed by atoms with van der Waals surface area (Å²) >= 11 is 0. The van der Waals surface area contributed by atoms with Crippen molar-refractivity contribution in [3.8, 4) is 11.4 Å². The van der Waals surface area contributed by atoms with Crippen molar-refractivity contribution in [1.82, 2.24) is 25.0 Å². The zero-order valence-corrected chi connectivity index (χ0v) is 9.60. The topological polar surface area (TPSA) is 68.5 Å². The van der Waals surface area contributed by atoms with Crippen LogP contribution >= 0.6 is 0 Å². The fraction of sp³-hybridized carbons (Fsp3) is 0.400. The van der Waals surface area contributed by atoms with Crippen molar-refractivity contribution in [2.75, 3.05) is 12.4 Å². The van der Waals surface area contributed by atoms with Crippen LogP contribution in [0.2, 0.25) is 0 Å². The van der Waals surface area contributed by atoms with Crippen molar-refractivity contribution in [3.63, 3.8) is 0 Å². The van der Waals surface area contributed by atoms with Gasteiger partial charge in [0.25, 0.3) is 0 Å². The van der Waals surface area contributed by atoms with Gasteiger partial charge in [0.05, 0.1) is 11.9 Å². The van der Waals surface area contributed by atoms with Gasteiger partial charge in [-0.2, -0.15) is 0 Å². The van der Waals surface area contributed by atoms with Crippen molar-refractivity contribution in [2.24, 2.45) is 7.05 Å². The minimum Gasteiger partial charge on any atom is -0.373 e. The molecule has 0 atom stereocenters. The van der Waals surface area contributed by atoms with Crippen LogP contribution in [0.25, 0.3) is 11.4 Å². The largest absolute Gasteiger partial charge is 0.373 e. The Morgan fingerprint density at radius 2 is 2.19 bits per heavy atom. The maximum atomic E-state index is 4.31. The molecule has 2 heterocycles. The summed E-state index contributed by atoms with van der Waals surface area (Å²) in [6.07, 6.45) is 4.12. The Bertz CT molecular complexity index is 490. The van der Waals surface area contributed by atoms with E-state index in [4.69, 9.17) is 0 Å². The summed E-state index contributed by atoms with van der Waals surface area (Å²) in [6.45, 7) is 2.08. The van der Waals surface area contributed by atoms with E-state index >= 15 is 0 Å². The van der Waals surface area contributed by atoms with Crippen LogP contribution in [0.15, 0.2) is 12.5 Å². The number of aromatic nitrogens is 5. The molecule has 84 valence electrons. The monoisotopic (exact) mass is 218 g/mol. The van der Waals surface area contributed by atoms with Crippen molar-refractivity contribution in [3.05, 3.63) is 18.1 Å². The lowest BCUT2D eigenvalue weighted by Crippen LogP contribution is -2.04. The van der Waals surface area contributed by atoms with Crippen molar-refractivity contribution in [1.29, 1.82) is 0 Å². The number of anilines is 1. The van der Waals surface area contributed by atoms with E-state index in [0.717, 1.165) is 29.2 Å². The first-order valence-electron chi connectivity index (χ1n) is 5.14. The van der Waals surface area contributed by atoms with Gasteiger partial charge in [-0.15, -0.1) is 5.10 Å². The minimum atomic E-state index is 0.855. The van der Waals surface area contributed by atoms with Gasteiger partial charge in [0.15, 0.2) is 0 Å². The molecule has 0 fully saturated rings. The Morgan fingerprint density at radius 3 is 2.75 bits per heavy atom. The molecule has 2 rings (SSSR count). The molecule has 0 aromatic carbocycles. The third-order valence-corrected chi connectivity index (χ3v) is 2.49. The lowest BCUT2D eigenvalue weighted by Gasteiger charge is -2.10. The Labute approximate surface area is 93.7 Å². The number of hydrogen-bond donors (Lipinski definition) is 1. The summed E-state index contributed by atoms with van der Waals surface area (Å²) in [4.78, 5) is 8.51. The summed E-state index contributed by atoms with van der Waals surface area (Å²) in [5.41, 5.74) is 2.86. The molecule has 16 heavy (non-hydrogen) atoms. The lowest BCUT2D eigenvalue weighted by atomic mass is 10.1. The average molecular weight is 218 g/mol. The Morgan fingerprint density at radius 1 is 1.38 bits per heavy atom. The zero-order chi connectivity index (χ0) is 11.5. The van der Waals surface area contributed by atoms with Crippen molar-refractivity contribution >= 4 is 5.82 Å². The molecule has 6 nitrogen and oxygen atoms in total. The van der Waals surface area contributed by atoms with Crippen molar-refractivity contribution < 1.29 is 0 Å². The van der Waals surface area contributed by atoms with Crippen LogP contribution in [0.3, 0.4) is 0 Å². The Hall–Kier alpha value is -1.98. The molecule has 0 saturated heterocycles. The van der Waals surface area contributed by atoms with E-state index in [1.165, 1.54) is 0 Å². The normalized spacial score (nSPS) is 10.4. The fourth-order valence-corrected chi connectivity index (χ4v) is 1.69. The van der Waals surface area contributed by atoms with Crippen LogP contribution in [0.1, 0.15) is 12.5 Å². The molecule has 0 aliphatic carbocycles. The van der Waals surface area contributed by atoms with Gasteiger partial charge < -0.3 is 5.32 Å². The lowest BCUT2D eigenvalue weighted by molar-refractivity contribution is 0.718. The van der Waals surface area contributed by atoms with Crippen LogP contribution < -0.4 is 5.32 Å². The molecule has 6 heteroatoms. The Balaban J connectivity index is 2.61. The van der Waals surface area contributed by atoms with Gasteiger partial charge in [-0.25, -0.2) is 14.6 Å². The van der Waals surface area contributed by atoms with E-state index < -0.39 is 0 Å². The number of nitrogens with zero attached hydrogens (tertiary/aromatic N) is 5. The molecule has 0 spiro atoms. The maximum absolute atomic E-state index is 4.31. The molecule has 0 aliphatic heterocycles. The highest BCUT2D eigenvalue weighted by Crippen LogP contribution is 2.24. The minimum absolute atomic E-state index is 0.855. The number of hydrogen-bond acceptors (Lipinski definition) is 5. The summed E-state index contributed by atoms with van der Waals surface area (Å²) in [5, 5.41) is 10.8. The molecular formula is C10H14N6. The molecule has 0 amide bonds. The van der Waals surface area contributed by atoms with Crippen LogP contribution in [0.5, 0.6) is 0 Å². The molecule has 2 aromatic rings. The third-order valence-electron chi connectivity index (χ3n) is 2.49. The SMILES string of the molecule is CCc1c(NC)ncnc1-c1cnnn1C. The van der Waals surface area contributed by atoms with E-state index in [0.29, 0.717) is 0 Å². The summed E-state index contributed by atoms with van der Waals surface area (Å²) in [6, 6.07) is 0. The second-order valence-corrected chi connectivity index (χ2v) is 3.40. The van der Waals surface area contributed by atoms with Gasteiger partial charge in [-0.1, -0.05) is 12.1 Å². The molecule has 0 bridgehead atoms. The first-order valence-corrected chi connectivity index (χ1v) is 5.14. The second-order valence-electron chi connectivity index (χ2n) is 3.40. The van der Waals surface area contributed by atoms with Gasteiger partial charge in [-0.05, 0) is 6.42 Å². The maximum Gasteiger partial charge on any atom is 0.132 e. The average Bonchev–Trinajstić information content (AvgIpc) is 2.74. The van der Waals surface area contributed by atoms with E-state index in [9.17, 15) is 0 Å². The van der Waals surface area contributed by atoms with Crippen LogP contribution in [0, 0.1) is 0 Å². The van der Waals surface area contributed by atoms with E-state index in [-0.39, 0.29) is 0 Å². The third kappa shape index (κ3) is 1.62. The zero-order valence-electron chi connectivity index (χ0n) is 9.60. The standard InChI is InChI=1S/C10H14N6/c1-4-7-9(8-5-14-15-16(8)3)12-6-13-10(7)11-2/h5-6H,4H2,1-3H3,(H,11,12,13). The van der Waals surface area contributed by atoms with Gasteiger partial charge in [0, 0.05) is 19.7 Å². The molecular weight excluding hydrogens is 204 g/mol. The highest BCUT2D eigenvalue weighted by molar-refractivity contribution is 5.64. The predicted molar refractivity (Wildman–Crippen MR) is 61.0 cm³/mol. The van der Waals surface area contributed by atoms with E-state index in [1.54, 1.807) is 17.2 Å². The van der Waals surface area contributed by atoms with Gasteiger partial charge >= 0.3 is 0 Å². The van der Waals surface area contributed by atoms with Gasteiger partial charge in [0.1, 0.15) is 17.8 Å². The highest BCUT2D eigenvalue weighted by Gasteiger charge is 2.13. The summed E-state index contributed by atoms with van der Waals surface area (Å²) < 4.78 is 1.71. The molecule has 0 aliphatic rings. The number of aryl methyl sites for hydroxylation is 1. The van der Waals surface area contributed by atoms with Crippen LogP contribution in [-0.2, 0) is 13.5 Å². The number of rotatable bonds is 3. The molecule has 0 radical (unpaired) electrons. The smallest absolute Gasteiger partial charge is 0.132 e. The van der Waals surface area contributed by atoms with Crippen LogP contribution in [-0.4, -0.2) is 32.0 Å². The van der Waals surface area contributed by atoms with E-state index in [2.05, 4.69) is 32.5 Å².